The number of carbonyl (C=O) groups excluding carboxylic acids is 1. The third-order valence-electron chi connectivity index (χ3n) is 3.16. The van der Waals surface area contributed by atoms with Crippen molar-refractivity contribution in [1.29, 1.82) is 0 Å². The van der Waals surface area contributed by atoms with Crippen LogP contribution in [0.3, 0.4) is 0 Å². The van der Waals surface area contributed by atoms with Crippen LogP contribution in [0.2, 0.25) is 10.0 Å². The number of hydrogen-bond donors (Lipinski definition) is 3. The number of anilines is 1. The predicted molar refractivity (Wildman–Crippen MR) is 93.0 cm³/mol. The number of carbonyl (C=O) groups is 1. The highest BCUT2D eigenvalue weighted by Gasteiger charge is 2.03. The Balaban J connectivity index is 1.74. The van der Waals surface area contributed by atoms with Crippen molar-refractivity contribution in [2.24, 2.45) is 0 Å². The van der Waals surface area contributed by atoms with E-state index in [-0.39, 0.29) is 11.6 Å². The van der Waals surface area contributed by atoms with Crippen molar-refractivity contribution in [3.05, 3.63) is 68.6 Å². The number of halogens is 2. The summed E-state index contributed by atoms with van der Waals surface area (Å²) in [7, 11) is 0. The van der Waals surface area contributed by atoms with Gasteiger partial charge >= 0.3 is 5.69 Å². The minimum atomic E-state index is -0.312. The largest absolute Gasteiger partial charge is 0.323 e. The molecule has 0 spiro atoms. The molecule has 0 atom stereocenters. The Labute approximate surface area is 140 Å². The minimum Gasteiger partial charge on any atom is -0.322 e. The molecular weight excluding hydrogens is 337 g/mol. The molecule has 116 valence electrons. The number of rotatable bonds is 3. The van der Waals surface area contributed by atoms with E-state index < -0.39 is 0 Å². The van der Waals surface area contributed by atoms with Gasteiger partial charge < -0.3 is 15.3 Å². The number of imidazole rings is 1. The van der Waals surface area contributed by atoms with Crippen molar-refractivity contribution in [2.45, 2.75) is 0 Å². The van der Waals surface area contributed by atoms with Crippen molar-refractivity contribution in [3.63, 3.8) is 0 Å². The Kier molecular flexibility index (Phi) is 4.23. The Bertz CT molecular complexity index is 973. The SMILES string of the molecule is O=C(/C=C/c1ccc(Cl)cc1Cl)Nc1ccc2[nH]c(=O)[nH]c2c1. The molecule has 0 aliphatic carbocycles. The lowest BCUT2D eigenvalue weighted by Gasteiger charge is -2.02. The highest BCUT2D eigenvalue weighted by atomic mass is 35.5. The summed E-state index contributed by atoms with van der Waals surface area (Å²) in [6, 6.07) is 10.1. The Morgan fingerprint density at radius 1 is 1.04 bits per heavy atom. The Hall–Kier alpha value is -2.50. The summed E-state index contributed by atoms with van der Waals surface area (Å²) in [6.45, 7) is 0. The monoisotopic (exact) mass is 347 g/mol. The minimum absolute atomic E-state index is 0.291. The lowest BCUT2D eigenvalue weighted by atomic mass is 10.2. The molecule has 0 radical (unpaired) electrons. The third-order valence-corrected chi connectivity index (χ3v) is 3.72. The molecule has 1 aromatic heterocycles. The smallest absolute Gasteiger partial charge is 0.322 e. The number of hydrogen-bond acceptors (Lipinski definition) is 2. The van der Waals surface area contributed by atoms with Crippen LogP contribution in [0.25, 0.3) is 17.1 Å². The number of benzene rings is 2. The van der Waals surface area contributed by atoms with Crippen LogP contribution in [-0.4, -0.2) is 15.9 Å². The Morgan fingerprint density at radius 2 is 1.83 bits per heavy atom. The van der Waals surface area contributed by atoms with Gasteiger partial charge in [-0.25, -0.2) is 4.79 Å². The van der Waals surface area contributed by atoms with Crippen LogP contribution in [0, 0.1) is 0 Å². The van der Waals surface area contributed by atoms with E-state index in [1.165, 1.54) is 6.08 Å². The zero-order valence-electron chi connectivity index (χ0n) is 11.7. The average molecular weight is 348 g/mol. The van der Waals surface area contributed by atoms with Gasteiger partial charge in [0.15, 0.2) is 0 Å². The van der Waals surface area contributed by atoms with Crippen LogP contribution in [-0.2, 0) is 4.79 Å². The second-order valence-electron chi connectivity index (χ2n) is 4.83. The standard InChI is InChI=1S/C16H11Cl2N3O2/c17-10-3-1-9(12(18)7-10)2-6-15(22)19-11-4-5-13-14(8-11)21-16(23)20-13/h1-8H,(H,19,22)(H2,20,21,23)/b6-2+. The van der Waals surface area contributed by atoms with Gasteiger partial charge in [0.2, 0.25) is 5.91 Å². The summed E-state index contributed by atoms with van der Waals surface area (Å²) in [6.07, 6.45) is 2.98. The van der Waals surface area contributed by atoms with E-state index >= 15 is 0 Å². The first-order valence-electron chi connectivity index (χ1n) is 6.67. The van der Waals surface area contributed by atoms with Gasteiger partial charge in [-0.15, -0.1) is 0 Å². The van der Waals surface area contributed by atoms with E-state index in [0.717, 1.165) is 0 Å². The molecule has 7 heteroatoms. The molecule has 1 amide bonds. The molecule has 0 saturated heterocycles. The van der Waals surface area contributed by atoms with Crippen LogP contribution in [0.15, 0.2) is 47.3 Å². The van der Waals surface area contributed by atoms with Gasteiger partial charge in [0.25, 0.3) is 0 Å². The normalized spacial score (nSPS) is 11.2. The van der Waals surface area contributed by atoms with E-state index in [1.807, 2.05) is 0 Å². The number of aromatic nitrogens is 2. The molecule has 0 unspecified atom stereocenters. The van der Waals surface area contributed by atoms with Crippen molar-refractivity contribution in [3.8, 4) is 0 Å². The zero-order valence-corrected chi connectivity index (χ0v) is 13.2. The van der Waals surface area contributed by atoms with Crippen molar-refractivity contribution in [1.82, 2.24) is 9.97 Å². The number of aromatic amines is 2. The van der Waals surface area contributed by atoms with Gasteiger partial charge in [-0.2, -0.15) is 0 Å². The fraction of sp³-hybridized carbons (Fsp3) is 0. The molecule has 0 aliphatic heterocycles. The van der Waals surface area contributed by atoms with Gasteiger partial charge in [0, 0.05) is 21.8 Å². The van der Waals surface area contributed by atoms with Crippen LogP contribution in [0.1, 0.15) is 5.56 Å². The quantitative estimate of drug-likeness (QED) is 0.630. The number of fused-ring (bicyclic) bond motifs is 1. The molecule has 0 saturated carbocycles. The summed E-state index contributed by atoms with van der Waals surface area (Å²) in [4.78, 5) is 28.4. The van der Waals surface area contributed by atoms with E-state index in [1.54, 1.807) is 42.5 Å². The number of nitrogens with one attached hydrogen (secondary N) is 3. The molecule has 0 bridgehead atoms. The molecule has 3 N–H and O–H groups in total. The van der Waals surface area contributed by atoms with Gasteiger partial charge in [0.1, 0.15) is 0 Å². The van der Waals surface area contributed by atoms with Crippen molar-refractivity contribution < 1.29 is 4.79 Å². The summed E-state index contributed by atoms with van der Waals surface area (Å²) in [5.74, 6) is -0.312. The molecule has 3 rings (SSSR count). The fourth-order valence-corrected chi connectivity index (χ4v) is 2.57. The first-order valence-corrected chi connectivity index (χ1v) is 7.43. The van der Waals surface area contributed by atoms with Gasteiger partial charge in [-0.05, 0) is 42.0 Å². The van der Waals surface area contributed by atoms with Crippen LogP contribution in [0.4, 0.5) is 5.69 Å². The molecule has 2 aromatic carbocycles. The van der Waals surface area contributed by atoms with Crippen LogP contribution >= 0.6 is 23.2 Å². The zero-order chi connectivity index (χ0) is 16.4. The first kappa shape index (κ1) is 15.4. The van der Waals surface area contributed by atoms with Crippen molar-refractivity contribution >= 4 is 51.9 Å². The molecule has 1 heterocycles. The third kappa shape index (κ3) is 3.64. The first-order chi connectivity index (χ1) is 11.0. The maximum absolute atomic E-state index is 12.0. The maximum Gasteiger partial charge on any atom is 0.323 e. The summed E-state index contributed by atoms with van der Waals surface area (Å²) in [5, 5.41) is 3.71. The lowest BCUT2D eigenvalue weighted by Crippen LogP contribution is -2.07. The van der Waals surface area contributed by atoms with E-state index in [4.69, 9.17) is 23.2 Å². The fourth-order valence-electron chi connectivity index (χ4n) is 2.10. The Morgan fingerprint density at radius 3 is 2.61 bits per heavy atom. The summed E-state index contributed by atoms with van der Waals surface area (Å²) < 4.78 is 0. The molecule has 5 nitrogen and oxygen atoms in total. The number of amides is 1. The number of H-pyrrole nitrogens is 2. The van der Waals surface area contributed by atoms with Gasteiger partial charge in [-0.3, -0.25) is 4.79 Å². The van der Waals surface area contributed by atoms with E-state index in [2.05, 4.69) is 15.3 Å². The second-order valence-corrected chi connectivity index (χ2v) is 5.67. The lowest BCUT2D eigenvalue weighted by molar-refractivity contribution is -0.111. The van der Waals surface area contributed by atoms with Crippen LogP contribution in [0.5, 0.6) is 0 Å². The van der Waals surface area contributed by atoms with Crippen molar-refractivity contribution in [2.75, 3.05) is 5.32 Å². The molecule has 23 heavy (non-hydrogen) atoms. The second kappa shape index (κ2) is 6.32. The van der Waals surface area contributed by atoms with E-state index in [9.17, 15) is 9.59 Å². The average Bonchev–Trinajstić information content (AvgIpc) is 2.85. The van der Waals surface area contributed by atoms with E-state index in [0.29, 0.717) is 32.3 Å². The predicted octanol–water partition coefficient (Wildman–Crippen LogP) is 3.81. The van der Waals surface area contributed by atoms with Gasteiger partial charge in [0.05, 0.1) is 11.0 Å². The molecule has 3 aromatic rings. The summed E-state index contributed by atoms with van der Waals surface area (Å²) in [5.41, 5.74) is 2.27. The highest BCUT2D eigenvalue weighted by molar-refractivity contribution is 6.35. The summed E-state index contributed by atoms with van der Waals surface area (Å²) >= 11 is 11.9. The molecule has 0 aliphatic rings. The topological polar surface area (TPSA) is 77.8 Å². The van der Waals surface area contributed by atoms with Crippen LogP contribution < -0.4 is 11.0 Å². The molecular formula is C16H11Cl2N3O2. The molecule has 0 fully saturated rings. The maximum atomic E-state index is 12.0. The van der Waals surface area contributed by atoms with Gasteiger partial charge in [-0.1, -0.05) is 29.3 Å². The highest BCUT2D eigenvalue weighted by Crippen LogP contribution is 2.22.